The lowest BCUT2D eigenvalue weighted by Crippen LogP contribution is -2.35. The average Bonchev–Trinajstić information content (AvgIpc) is 3.22. The van der Waals surface area contributed by atoms with E-state index in [1.165, 1.54) is 6.42 Å². The summed E-state index contributed by atoms with van der Waals surface area (Å²) >= 11 is 0. The number of aromatic nitrogens is 3. The molecular weight excluding hydrogens is 382 g/mol. The zero-order valence-corrected chi connectivity index (χ0v) is 17.0. The Labute approximate surface area is 174 Å². The molecule has 0 spiro atoms. The second-order valence-electron chi connectivity index (χ2n) is 7.34. The zero-order valence-electron chi connectivity index (χ0n) is 17.0. The highest BCUT2D eigenvalue weighted by Gasteiger charge is 2.22. The van der Waals surface area contributed by atoms with Crippen molar-refractivity contribution in [3.8, 4) is 11.3 Å². The van der Waals surface area contributed by atoms with Gasteiger partial charge in [0.15, 0.2) is 0 Å². The Hall–Kier alpha value is -3.26. The third kappa shape index (κ3) is 4.18. The normalized spacial score (nSPS) is 14.1. The zero-order chi connectivity index (χ0) is 20.9. The first kappa shape index (κ1) is 20.0. The van der Waals surface area contributed by atoms with Crippen LogP contribution < -0.4 is 5.32 Å². The number of piperidine rings is 1. The Morgan fingerprint density at radius 1 is 1.10 bits per heavy atom. The van der Waals surface area contributed by atoms with Gasteiger partial charge in [0.25, 0.3) is 5.91 Å². The first-order valence-corrected chi connectivity index (χ1v) is 10.2. The van der Waals surface area contributed by atoms with Gasteiger partial charge in [-0.05, 0) is 43.5 Å². The molecule has 0 aromatic carbocycles. The molecule has 1 saturated heterocycles. The number of nitrogens with one attached hydrogen (secondary N) is 1. The lowest BCUT2D eigenvalue weighted by Gasteiger charge is -2.26. The first-order chi connectivity index (χ1) is 14.7. The second kappa shape index (κ2) is 9.04. The molecule has 156 valence electrons. The second-order valence-corrected chi connectivity index (χ2v) is 7.34. The third-order valence-corrected chi connectivity index (χ3v) is 5.28. The lowest BCUT2D eigenvalue weighted by molar-refractivity contribution is -0.117. The van der Waals surface area contributed by atoms with Gasteiger partial charge < -0.3 is 15.0 Å². The molecule has 1 fully saturated rings. The summed E-state index contributed by atoms with van der Waals surface area (Å²) in [6.45, 7) is 1.97. The molecule has 2 amide bonds. The van der Waals surface area contributed by atoms with Crippen LogP contribution in [0.25, 0.3) is 16.8 Å². The van der Waals surface area contributed by atoms with E-state index in [4.69, 9.17) is 4.74 Å². The molecule has 1 aliphatic heterocycles. The van der Waals surface area contributed by atoms with Crippen LogP contribution in [0.3, 0.4) is 0 Å². The summed E-state index contributed by atoms with van der Waals surface area (Å²) in [6.07, 6.45) is 6.90. The van der Waals surface area contributed by atoms with Gasteiger partial charge in [-0.1, -0.05) is 6.07 Å². The van der Waals surface area contributed by atoms with E-state index in [1.54, 1.807) is 30.1 Å². The molecule has 30 heavy (non-hydrogen) atoms. The number of methoxy groups -OCH3 is 1. The predicted octanol–water partition coefficient (Wildman–Crippen LogP) is 3.00. The van der Waals surface area contributed by atoms with Crippen molar-refractivity contribution < 1.29 is 14.3 Å². The van der Waals surface area contributed by atoms with Crippen molar-refractivity contribution in [3.05, 3.63) is 48.3 Å². The number of carbonyl (C=O) groups is 2. The van der Waals surface area contributed by atoms with E-state index >= 15 is 0 Å². The highest BCUT2D eigenvalue weighted by atomic mass is 16.5. The largest absolute Gasteiger partial charge is 0.384 e. The molecule has 0 aliphatic carbocycles. The van der Waals surface area contributed by atoms with Crippen LogP contribution in [0.4, 0.5) is 5.82 Å². The van der Waals surface area contributed by atoms with Crippen molar-refractivity contribution in [3.63, 3.8) is 0 Å². The van der Waals surface area contributed by atoms with E-state index < -0.39 is 0 Å². The summed E-state index contributed by atoms with van der Waals surface area (Å²) in [7, 11) is 1.56. The van der Waals surface area contributed by atoms with Crippen molar-refractivity contribution >= 4 is 23.1 Å². The van der Waals surface area contributed by atoms with Gasteiger partial charge >= 0.3 is 0 Å². The van der Waals surface area contributed by atoms with Crippen LogP contribution in [0.15, 0.2) is 42.7 Å². The SMILES string of the molecule is COCCC(=O)Nc1ccc(-c2cccc3c(C(=O)N4CCCCC4)cnn23)cn1. The van der Waals surface area contributed by atoms with Crippen LogP contribution >= 0.6 is 0 Å². The molecule has 4 heterocycles. The molecule has 3 aromatic heterocycles. The first-order valence-electron chi connectivity index (χ1n) is 10.2. The van der Waals surface area contributed by atoms with Crippen molar-refractivity contribution in [2.45, 2.75) is 25.7 Å². The van der Waals surface area contributed by atoms with E-state index in [0.717, 1.165) is 42.7 Å². The molecule has 4 rings (SSSR count). The molecule has 8 heteroatoms. The van der Waals surface area contributed by atoms with E-state index in [-0.39, 0.29) is 18.2 Å². The molecule has 8 nitrogen and oxygen atoms in total. The standard InChI is InChI=1S/C22H25N5O3/c1-30-13-10-21(28)25-20-9-8-16(14-23-20)18-6-5-7-19-17(15-24-27(18)19)22(29)26-11-3-2-4-12-26/h5-9,14-15H,2-4,10-13H2,1H3,(H,23,25,28). The smallest absolute Gasteiger partial charge is 0.257 e. The number of amides is 2. The molecule has 0 atom stereocenters. The van der Waals surface area contributed by atoms with E-state index in [9.17, 15) is 9.59 Å². The summed E-state index contributed by atoms with van der Waals surface area (Å²) in [5, 5.41) is 7.22. The van der Waals surface area contributed by atoms with Gasteiger partial charge in [-0.3, -0.25) is 9.59 Å². The van der Waals surface area contributed by atoms with Gasteiger partial charge in [-0.25, -0.2) is 9.50 Å². The van der Waals surface area contributed by atoms with E-state index in [2.05, 4.69) is 15.4 Å². The minimum Gasteiger partial charge on any atom is -0.384 e. The molecule has 3 aromatic rings. The number of hydrogen-bond acceptors (Lipinski definition) is 5. The summed E-state index contributed by atoms with van der Waals surface area (Å²) in [4.78, 5) is 31.0. The summed E-state index contributed by atoms with van der Waals surface area (Å²) in [5.41, 5.74) is 3.07. The Balaban J connectivity index is 1.57. The molecule has 1 N–H and O–H groups in total. The Kier molecular flexibility index (Phi) is 6.04. The highest BCUT2D eigenvalue weighted by molar-refractivity contribution is 6.01. The van der Waals surface area contributed by atoms with Gasteiger partial charge in [0.2, 0.25) is 5.91 Å². The van der Waals surface area contributed by atoms with Crippen LogP contribution in [-0.2, 0) is 9.53 Å². The Morgan fingerprint density at radius 2 is 1.93 bits per heavy atom. The number of fused-ring (bicyclic) bond motifs is 1. The number of rotatable bonds is 6. The van der Waals surface area contributed by atoms with Gasteiger partial charge in [0.1, 0.15) is 5.82 Å². The van der Waals surface area contributed by atoms with Gasteiger partial charge in [0.05, 0.1) is 36.0 Å². The molecule has 1 aliphatic rings. The topological polar surface area (TPSA) is 88.8 Å². The van der Waals surface area contributed by atoms with Crippen molar-refractivity contribution in [2.75, 3.05) is 32.1 Å². The molecular formula is C22H25N5O3. The number of likely N-dealkylation sites (tertiary alicyclic amines) is 1. The maximum absolute atomic E-state index is 13.0. The van der Waals surface area contributed by atoms with Gasteiger partial charge in [-0.2, -0.15) is 5.10 Å². The van der Waals surface area contributed by atoms with E-state index in [0.29, 0.717) is 18.0 Å². The van der Waals surface area contributed by atoms with Crippen LogP contribution in [-0.4, -0.2) is 58.1 Å². The Bertz CT molecular complexity index is 1040. The molecule has 0 saturated carbocycles. The average molecular weight is 407 g/mol. The number of ether oxygens (including phenoxy) is 1. The lowest BCUT2D eigenvalue weighted by atomic mass is 10.1. The van der Waals surface area contributed by atoms with Gasteiger partial charge in [0, 0.05) is 32.0 Å². The quantitative estimate of drug-likeness (QED) is 0.679. The minimum atomic E-state index is -0.146. The summed E-state index contributed by atoms with van der Waals surface area (Å²) in [6, 6.07) is 9.39. The van der Waals surface area contributed by atoms with Crippen LogP contribution in [0.2, 0.25) is 0 Å². The molecule has 0 radical (unpaired) electrons. The minimum absolute atomic E-state index is 0.0362. The molecule has 0 bridgehead atoms. The number of nitrogens with zero attached hydrogens (tertiary/aromatic N) is 4. The number of pyridine rings is 2. The van der Waals surface area contributed by atoms with E-state index in [1.807, 2.05) is 29.2 Å². The number of carbonyl (C=O) groups excluding carboxylic acids is 2. The summed E-state index contributed by atoms with van der Waals surface area (Å²) in [5.74, 6) is 0.370. The van der Waals surface area contributed by atoms with Crippen LogP contribution in [0.5, 0.6) is 0 Å². The maximum atomic E-state index is 13.0. The number of anilines is 1. The van der Waals surface area contributed by atoms with Crippen molar-refractivity contribution in [2.24, 2.45) is 0 Å². The summed E-state index contributed by atoms with van der Waals surface area (Å²) < 4.78 is 6.68. The van der Waals surface area contributed by atoms with Crippen molar-refractivity contribution in [1.29, 1.82) is 0 Å². The highest BCUT2D eigenvalue weighted by Crippen LogP contribution is 2.24. The fourth-order valence-electron chi connectivity index (χ4n) is 3.68. The predicted molar refractivity (Wildman–Crippen MR) is 113 cm³/mol. The van der Waals surface area contributed by atoms with Crippen LogP contribution in [0.1, 0.15) is 36.0 Å². The fourth-order valence-corrected chi connectivity index (χ4v) is 3.68. The Morgan fingerprint density at radius 3 is 2.67 bits per heavy atom. The monoisotopic (exact) mass is 407 g/mol. The third-order valence-electron chi connectivity index (χ3n) is 5.28. The number of hydrogen-bond donors (Lipinski definition) is 1. The van der Waals surface area contributed by atoms with Crippen LogP contribution in [0, 0.1) is 0 Å². The maximum Gasteiger partial charge on any atom is 0.257 e. The fraction of sp³-hybridized carbons (Fsp3) is 0.364. The van der Waals surface area contributed by atoms with Gasteiger partial charge in [-0.15, -0.1) is 0 Å². The molecule has 0 unspecified atom stereocenters. The van der Waals surface area contributed by atoms with Crippen molar-refractivity contribution in [1.82, 2.24) is 19.5 Å².